The Kier molecular flexibility index (Phi) is 3.04. The minimum absolute atomic E-state index is 0.609. The normalized spacial score (nSPS) is 20.7. The summed E-state index contributed by atoms with van der Waals surface area (Å²) < 4.78 is 5.72. The van der Waals surface area contributed by atoms with Crippen molar-refractivity contribution in [1.29, 1.82) is 0 Å². The van der Waals surface area contributed by atoms with Crippen molar-refractivity contribution < 1.29 is 4.74 Å². The summed E-state index contributed by atoms with van der Waals surface area (Å²) in [6, 6.07) is 4.41. The Bertz CT molecular complexity index is 445. The van der Waals surface area contributed by atoms with Crippen LogP contribution in [0.5, 0.6) is 5.75 Å². The van der Waals surface area contributed by atoms with Crippen molar-refractivity contribution in [3.05, 3.63) is 17.7 Å². The number of hydrogen-bond donors (Lipinski definition) is 2. The van der Waals surface area contributed by atoms with E-state index in [1.165, 1.54) is 17.7 Å². The van der Waals surface area contributed by atoms with Crippen LogP contribution < -0.4 is 15.4 Å². The fraction of sp³-hybridized carbons (Fsp3) is 0.571. The lowest BCUT2D eigenvalue weighted by Gasteiger charge is -2.21. The lowest BCUT2D eigenvalue weighted by atomic mass is 9.97. The van der Waals surface area contributed by atoms with E-state index < -0.39 is 0 Å². The fourth-order valence-electron chi connectivity index (χ4n) is 2.71. The number of nitrogens with one attached hydrogen (secondary N) is 2. The molecule has 18 heavy (non-hydrogen) atoms. The molecule has 2 N–H and O–H groups in total. The van der Waals surface area contributed by atoms with Crippen molar-refractivity contribution in [2.75, 3.05) is 51.0 Å². The fourth-order valence-corrected chi connectivity index (χ4v) is 2.71. The third-order valence-electron chi connectivity index (χ3n) is 3.73. The maximum Gasteiger partial charge on any atom is 0.142 e. The quantitative estimate of drug-likeness (QED) is 0.856. The molecule has 98 valence electrons. The first-order valence-electron chi connectivity index (χ1n) is 6.67. The molecule has 0 saturated carbocycles. The van der Waals surface area contributed by atoms with E-state index in [1.807, 2.05) is 0 Å². The maximum atomic E-state index is 5.72. The summed E-state index contributed by atoms with van der Waals surface area (Å²) in [4.78, 5) is 2.24. The molecular weight excluding hydrogens is 226 g/mol. The van der Waals surface area contributed by atoms with Gasteiger partial charge in [0, 0.05) is 24.7 Å². The van der Waals surface area contributed by atoms with Crippen molar-refractivity contribution in [3.63, 3.8) is 0 Å². The van der Waals surface area contributed by atoms with Gasteiger partial charge in [0.1, 0.15) is 12.4 Å². The lowest BCUT2D eigenvalue weighted by molar-refractivity contribution is 0.322. The van der Waals surface area contributed by atoms with Crippen LogP contribution in [-0.2, 0) is 0 Å². The maximum absolute atomic E-state index is 5.72. The molecule has 0 radical (unpaired) electrons. The summed E-state index contributed by atoms with van der Waals surface area (Å²) in [5.41, 5.74) is 3.82. The number of anilines is 2. The predicted octanol–water partition coefficient (Wildman–Crippen LogP) is 1.95. The molecule has 0 aliphatic carbocycles. The Labute approximate surface area is 108 Å². The standard InChI is InChI=1S/C14H21N3O/c1-17(2)5-3-10-9-16-12-8-13-14(7-11(10)12)18-6-4-15-13/h7-8,10,15-16H,3-6,9H2,1-2H3. The van der Waals surface area contributed by atoms with Crippen molar-refractivity contribution in [2.24, 2.45) is 0 Å². The molecule has 1 atom stereocenters. The Hall–Kier alpha value is -1.42. The van der Waals surface area contributed by atoms with Crippen LogP contribution in [0.3, 0.4) is 0 Å². The summed E-state index contributed by atoms with van der Waals surface area (Å²) in [5, 5.41) is 6.89. The molecule has 4 nitrogen and oxygen atoms in total. The van der Waals surface area contributed by atoms with Gasteiger partial charge in [0.05, 0.1) is 5.69 Å². The number of ether oxygens (including phenoxy) is 1. The Balaban J connectivity index is 1.82. The van der Waals surface area contributed by atoms with Crippen molar-refractivity contribution >= 4 is 11.4 Å². The topological polar surface area (TPSA) is 36.5 Å². The molecule has 0 spiro atoms. The molecule has 0 aromatic heterocycles. The third kappa shape index (κ3) is 2.12. The number of benzene rings is 1. The molecule has 1 unspecified atom stereocenters. The summed E-state index contributed by atoms with van der Waals surface area (Å²) in [6.45, 7) is 3.84. The number of fused-ring (bicyclic) bond motifs is 2. The average molecular weight is 247 g/mol. The highest BCUT2D eigenvalue weighted by molar-refractivity contribution is 5.72. The Morgan fingerprint density at radius 1 is 1.28 bits per heavy atom. The lowest BCUT2D eigenvalue weighted by Crippen LogP contribution is -2.18. The van der Waals surface area contributed by atoms with Crippen LogP contribution in [0.1, 0.15) is 17.9 Å². The van der Waals surface area contributed by atoms with Gasteiger partial charge in [0.15, 0.2) is 0 Å². The molecular formula is C14H21N3O. The molecule has 1 aromatic carbocycles. The second-order valence-corrected chi connectivity index (χ2v) is 5.38. The highest BCUT2D eigenvalue weighted by Gasteiger charge is 2.25. The van der Waals surface area contributed by atoms with Gasteiger partial charge in [-0.3, -0.25) is 0 Å². The largest absolute Gasteiger partial charge is 0.490 e. The van der Waals surface area contributed by atoms with E-state index in [2.05, 4.69) is 41.8 Å². The van der Waals surface area contributed by atoms with Crippen LogP contribution in [0, 0.1) is 0 Å². The predicted molar refractivity (Wildman–Crippen MR) is 74.8 cm³/mol. The van der Waals surface area contributed by atoms with Gasteiger partial charge in [-0.25, -0.2) is 0 Å². The molecule has 3 rings (SSSR count). The molecule has 1 aromatic rings. The molecule has 2 aliphatic rings. The van der Waals surface area contributed by atoms with Crippen LogP contribution >= 0.6 is 0 Å². The molecule has 2 heterocycles. The van der Waals surface area contributed by atoms with Crippen LogP contribution in [-0.4, -0.2) is 45.2 Å². The van der Waals surface area contributed by atoms with E-state index in [4.69, 9.17) is 4.74 Å². The summed E-state index contributed by atoms with van der Waals surface area (Å²) in [7, 11) is 4.26. The molecule has 2 aliphatic heterocycles. The van der Waals surface area contributed by atoms with Crippen molar-refractivity contribution in [3.8, 4) is 5.75 Å². The summed E-state index contributed by atoms with van der Waals surface area (Å²) >= 11 is 0. The second kappa shape index (κ2) is 4.69. The van der Waals surface area contributed by atoms with E-state index in [1.54, 1.807) is 0 Å². The zero-order chi connectivity index (χ0) is 12.5. The summed E-state index contributed by atoms with van der Waals surface area (Å²) in [6.07, 6.45) is 1.19. The van der Waals surface area contributed by atoms with E-state index in [0.717, 1.165) is 37.7 Å². The van der Waals surface area contributed by atoms with Crippen LogP contribution in [0.15, 0.2) is 12.1 Å². The zero-order valence-corrected chi connectivity index (χ0v) is 11.1. The van der Waals surface area contributed by atoms with Crippen LogP contribution in [0.2, 0.25) is 0 Å². The van der Waals surface area contributed by atoms with Gasteiger partial charge in [-0.05, 0) is 44.8 Å². The van der Waals surface area contributed by atoms with Gasteiger partial charge in [-0.1, -0.05) is 0 Å². The number of hydrogen-bond acceptors (Lipinski definition) is 4. The molecule has 0 fully saturated rings. The van der Waals surface area contributed by atoms with Gasteiger partial charge in [-0.15, -0.1) is 0 Å². The highest BCUT2D eigenvalue weighted by Crippen LogP contribution is 2.41. The monoisotopic (exact) mass is 247 g/mol. The van der Waals surface area contributed by atoms with Crippen molar-refractivity contribution in [1.82, 2.24) is 4.90 Å². The number of rotatable bonds is 3. The van der Waals surface area contributed by atoms with Crippen molar-refractivity contribution in [2.45, 2.75) is 12.3 Å². The van der Waals surface area contributed by atoms with Gasteiger partial charge in [-0.2, -0.15) is 0 Å². The first-order chi connectivity index (χ1) is 8.74. The SMILES string of the molecule is CN(C)CCC1CNc2cc3c(cc21)OCCN3. The van der Waals surface area contributed by atoms with Gasteiger partial charge in [0.25, 0.3) is 0 Å². The van der Waals surface area contributed by atoms with E-state index in [9.17, 15) is 0 Å². The van der Waals surface area contributed by atoms with E-state index in [-0.39, 0.29) is 0 Å². The second-order valence-electron chi connectivity index (χ2n) is 5.38. The van der Waals surface area contributed by atoms with Gasteiger partial charge < -0.3 is 20.3 Å². The van der Waals surface area contributed by atoms with E-state index in [0.29, 0.717) is 5.92 Å². The van der Waals surface area contributed by atoms with Gasteiger partial charge in [0.2, 0.25) is 0 Å². The van der Waals surface area contributed by atoms with Crippen LogP contribution in [0.4, 0.5) is 11.4 Å². The van der Waals surface area contributed by atoms with Gasteiger partial charge >= 0.3 is 0 Å². The third-order valence-corrected chi connectivity index (χ3v) is 3.73. The first-order valence-corrected chi connectivity index (χ1v) is 6.67. The minimum atomic E-state index is 0.609. The minimum Gasteiger partial charge on any atom is -0.490 e. The summed E-state index contributed by atoms with van der Waals surface area (Å²) in [5.74, 6) is 1.62. The highest BCUT2D eigenvalue weighted by atomic mass is 16.5. The number of nitrogens with zero attached hydrogens (tertiary/aromatic N) is 1. The van der Waals surface area contributed by atoms with E-state index >= 15 is 0 Å². The smallest absolute Gasteiger partial charge is 0.142 e. The zero-order valence-electron chi connectivity index (χ0n) is 11.1. The Morgan fingerprint density at radius 3 is 3.00 bits per heavy atom. The molecule has 0 bridgehead atoms. The molecule has 4 heteroatoms. The average Bonchev–Trinajstić information content (AvgIpc) is 2.76. The Morgan fingerprint density at radius 2 is 2.17 bits per heavy atom. The first kappa shape index (κ1) is 11.7. The molecule has 0 saturated heterocycles. The van der Waals surface area contributed by atoms with Crippen LogP contribution in [0.25, 0.3) is 0 Å². The molecule has 0 amide bonds.